The van der Waals surface area contributed by atoms with E-state index in [0.29, 0.717) is 25.4 Å². The minimum atomic E-state index is -0.166. The van der Waals surface area contributed by atoms with Gasteiger partial charge in [0, 0.05) is 37.4 Å². The molecule has 24 heavy (non-hydrogen) atoms. The number of likely N-dealkylation sites (tertiary alicyclic amines) is 1. The van der Waals surface area contributed by atoms with Crippen LogP contribution in [0.1, 0.15) is 47.7 Å². The number of hydrogen-bond acceptors (Lipinski definition) is 4. The first-order valence-electron chi connectivity index (χ1n) is 9.22. The van der Waals surface area contributed by atoms with Crippen LogP contribution in [0.3, 0.4) is 0 Å². The fourth-order valence-corrected chi connectivity index (χ4v) is 4.84. The lowest BCUT2D eigenvalue weighted by molar-refractivity contribution is -0.129. The van der Waals surface area contributed by atoms with Crippen molar-refractivity contribution in [1.29, 1.82) is 0 Å². The summed E-state index contributed by atoms with van der Waals surface area (Å²) in [7, 11) is 0. The topological polar surface area (TPSA) is 62.3 Å². The Kier molecular flexibility index (Phi) is 4.57. The van der Waals surface area contributed by atoms with Crippen LogP contribution in [0.25, 0.3) is 0 Å². The van der Waals surface area contributed by atoms with Gasteiger partial charge < -0.3 is 10.2 Å². The van der Waals surface area contributed by atoms with Crippen molar-refractivity contribution in [2.24, 2.45) is 11.8 Å². The summed E-state index contributed by atoms with van der Waals surface area (Å²) in [5.74, 6) is 0.699. The molecule has 3 aliphatic rings. The Hall–Kier alpha value is -1.43. The molecule has 2 amide bonds. The molecule has 1 N–H and O–H groups in total. The van der Waals surface area contributed by atoms with E-state index >= 15 is 0 Å². The number of aryl methyl sites for hydroxylation is 2. The lowest BCUT2D eigenvalue weighted by Gasteiger charge is -2.15. The van der Waals surface area contributed by atoms with Crippen molar-refractivity contribution in [2.75, 3.05) is 19.6 Å². The third-order valence-electron chi connectivity index (χ3n) is 5.29. The molecule has 1 aliphatic heterocycles. The molecule has 0 radical (unpaired) electrons. The normalized spacial score (nSPS) is 23.4. The first-order chi connectivity index (χ1) is 11.7. The average Bonchev–Trinajstić information content (AvgIpc) is 3.17. The molecule has 5 nitrogen and oxygen atoms in total. The summed E-state index contributed by atoms with van der Waals surface area (Å²) < 4.78 is 0. The molecule has 1 saturated heterocycles. The zero-order valence-electron chi connectivity index (χ0n) is 14.1. The molecule has 0 bridgehead atoms. The Morgan fingerprint density at radius 3 is 2.92 bits per heavy atom. The van der Waals surface area contributed by atoms with Crippen molar-refractivity contribution in [3.63, 3.8) is 0 Å². The number of aromatic nitrogens is 1. The van der Waals surface area contributed by atoms with Gasteiger partial charge in [0.1, 0.15) is 0 Å². The average molecular weight is 347 g/mol. The van der Waals surface area contributed by atoms with Gasteiger partial charge in [0.05, 0.1) is 16.6 Å². The summed E-state index contributed by atoms with van der Waals surface area (Å²) in [4.78, 5) is 32.4. The fourth-order valence-electron chi connectivity index (χ4n) is 3.69. The van der Waals surface area contributed by atoms with Gasteiger partial charge in [0.25, 0.3) is 0 Å². The van der Waals surface area contributed by atoms with Crippen LogP contribution in [0.2, 0.25) is 0 Å². The van der Waals surface area contributed by atoms with Gasteiger partial charge in [-0.25, -0.2) is 4.98 Å². The molecule has 2 aliphatic carbocycles. The molecular formula is C18H25N3O2S. The van der Waals surface area contributed by atoms with Crippen molar-refractivity contribution in [3.05, 3.63) is 15.6 Å². The van der Waals surface area contributed by atoms with E-state index in [0.717, 1.165) is 24.4 Å². The molecule has 1 aromatic heterocycles. The standard InChI is InChI=1S/C18H25N3O2S/c22-17-9-13(11-21(17)10-12-5-6-12)18(23)19-8-7-16-20-14-3-1-2-4-15(14)24-16/h12-13H,1-11H2,(H,19,23)/t13-/m1/s1. The summed E-state index contributed by atoms with van der Waals surface area (Å²) in [5.41, 5.74) is 1.28. The summed E-state index contributed by atoms with van der Waals surface area (Å²) in [6.45, 7) is 2.08. The zero-order valence-corrected chi connectivity index (χ0v) is 14.9. The van der Waals surface area contributed by atoms with E-state index in [1.54, 1.807) is 0 Å². The Morgan fingerprint density at radius 1 is 1.29 bits per heavy atom. The van der Waals surface area contributed by atoms with E-state index in [-0.39, 0.29) is 17.7 Å². The van der Waals surface area contributed by atoms with Gasteiger partial charge in [-0.05, 0) is 44.4 Å². The van der Waals surface area contributed by atoms with E-state index in [1.165, 1.54) is 42.7 Å². The molecule has 1 saturated carbocycles. The predicted octanol–water partition coefficient (Wildman–Crippen LogP) is 1.94. The lowest BCUT2D eigenvalue weighted by atomic mass is 10.0. The minimum Gasteiger partial charge on any atom is -0.355 e. The van der Waals surface area contributed by atoms with E-state index in [4.69, 9.17) is 4.98 Å². The molecule has 4 rings (SSSR count). The third kappa shape index (κ3) is 3.63. The highest BCUT2D eigenvalue weighted by Crippen LogP contribution is 2.32. The number of thiazole rings is 1. The number of nitrogens with zero attached hydrogens (tertiary/aromatic N) is 2. The quantitative estimate of drug-likeness (QED) is 0.855. The Morgan fingerprint density at radius 2 is 2.12 bits per heavy atom. The summed E-state index contributed by atoms with van der Waals surface area (Å²) in [6, 6.07) is 0. The van der Waals surface area contributed by atoms with Crippen LogP contribution in [-0.4, -0.2) is 41.3 Å². The second-order valence-electron chi connectivity index (χ2n) is 7.37. The largest absolute Gasteiger partial charge is 0.355 e. The highest BCUT2D eigenvalue weighted by Gasteiger charge is 2.36. The number of rotatable bonds is 6. The van der Waals surface area contributed by atoms with E-state index in [9.17, 15) is 9.59 Å². The third-order valence-corrected chi connectivity index (χ3v) is 6.51. The first-order valence-corrected chi connectivity index (χ1v) is 10.0. The molecule has 2 fully saturated rings. The monoisotopic (exact) mass is 347 g/mol. The second kappa shape index (κ2) is 6.82. The Labute approximate surface area is 146 Å². The van der Waals surface area contributed by atoms with Crippen molar-refractivity contribution >= 4 is 23.2 Å². The first kappa shape index (κ1) is 16.1. The maximum absolute atomic E-state index is 12.3. The zero-order chi connectivity index (χ0) is 16.5. The van der Waals surface area contributed by atoms with E-state index < -0.39 is 0 Å². The van der Waals surface area contributed by atoms with Crippen LogP contribution >= 0.6 is 11.3 Å². The molecule has 0 aromatic carbocycles. The molecular weight excluding hydrogens is 322 g/mol. The van der Waals surface area contributed by atoms with Crippen molar-refractivity contribution < 1.29 is 9.59 Å². The van der Waals surface area contributed by atoms with Crippen LogP contribution in [0, 0.1) is 11.8 Å². The maximum atomic E-state index is 12.3. The maximum Gasteiger partial charge on any atom is 0.225 e. The predicted molar refractivity (Wildman–Crippen MR) is 92.9 cm³/mol. The molecule has 130 valence electrons. The molecule has 2 heterocycles. The van der Waals surface area contributed by atoms with Crippen LogP contribution in [0.15, 0.2) is 0 Å². The van der Waals surface area contributed by atoms with Crippen LogP contribution in [0.4, 0.5) is 0 Å². The van der Waals surface area contributed by atoms with Gasteiger partial charge >= 0.3 is 0 Å². The van der Waals surface area contributed by atoms with Crippen LogP contribution < -0.4 is 5.32 Å². The van der Waals surface area contributed by atoms with Gasteiger partial charge in [0.2, 0.25) is 11.8 Å². The number of fused-ring (bicyclic) bond motifs is 1. The van der Waals surface area contributed by atoms with Crippen molar-refractivity contribution in [2.45, 2.75) is 51.4 Å². The number of carbonyl (C=O) groups excluding carboxylic acids is 2. The van der Waals surface area contributed by atoms with Crippen LogP contribution in [0.5, 0.6) is 0 Å². The summed E-state index contributed by atoms with van der Waals surface area (Å²) in [6.07, 6.45) is 8.45. The highest BCUT2D eigenvalue weighted by molar-refractivity contribution is 7.11. The smallest absolute Gasteiger partial charge is 0.225 e. The van der Waals surface area contributed by atoms with Gasteiger partial charge in [0.15, 0.2) is 0 Å². The highest BCUT2D eigenvalue weighted by atomic mass is 32.1. The van der Waals surface area contributed by atoms with Gasteiger partial charge in [-0.1, -0.05) is 0 Å². The molecule has 6 heteroatoms. The Bertz CT molecular complexity index is 615. The summed E-state index contributed by atoms with van der Waals surface area (Å²) in [5, 5.41) is 4.15. The lowest BCUT2D eigenvalue weighted by Crippen LogP contribution is -2.34. The number of hydrogen-bond donors (Lipinski definition) is 1. The number of nitrogens with one attached hydrogen (secondary N) is 1. The van der Waals surface area contributed by atoms with Gasteiger partial charge in [-0.2, -0.15) is 0 Å². The van der Waals surface area contributed by atoms with Gasteiger partial charge in [-0.3, -0.25) is 9.59 Å². The second-order valence-corrected chi connectivity index (χ2v) is 8.54. The van der Waals surface area contributed by atoms with Crippen molar-refractivity contribution in [1.82, 2.24) is 15.2 Å². The molecule has 1 atom stereocenters. The SMILES string of the molecule is O=C(NCCc1nc2c(s1)CCCC2)[C@@H]1CC(=O)N(CC2CC2)C1. The van der Waals surface area contributed by atoms with Crippen LogP contribution in [-0.2, 0) is 28.9 Å². The molecule has 1 aromatic rings. The summed E-state index contributed by atoms with van der Waals surface area (Å²) >= 11 is 1.81. The van der Waals surface area contributed by atoms with Crippen molar-refractivity contribution in [3.8, 4) is 0 Å². The molecule has 0 spiro atoms. The molecule has 0 unspecified atom stereocenters. The number of carbonyl (C=O) groups is 2. The fraction of sp³-hybridized carbons (Fsp3) is 0.722. The minimum absolute atomic E-state index is 0.0305. The van der Waals surface area contributed by atoms with Gasteiger partial charge in [-0.15, -0.1) is 11.3 Å². The Balaban J connectivity index is 1.23. The van der Waals surface area contributed by atoms with E-state index in [2.05, 4.69) is 5.32 Å². The van der Waals surface area contributed by atoms with E-state index in [1.807, 2.05) is 16.2 Å². The number of amides is 2.